The number of nitrogens with zero attached hydrogens (tertiary/aromatic N) is 5. The fourth-order valence-corrected chi connectivity index (χ4v) is 4.37. The number of esters is 1. The molecule has 0 aliphatic heterocycles. The van der Waals surface area contributed by atoms with E-state index in [4.69, 9.17) is 18.9 Å². The lowest BCUT2D eigenvalue weighted by Crippen LogP contribution is -2.30. The summed E-state index contributed by atoms with van der Waals surface area (Å²) in [6.07, 6.45) is 0.653. The molecule has 0 aliphatic rings. The number of hydrogen-bond acceptors (Lipinski definition) is 10. The second-order valence-electron chi connectivity index (χ2n) is 9.01. The Labute approximate surface area is 231 Å². The van der Waals surface area contributed by atoms with Gasteiger partial charge in [0.05, 0.1) is 34.0 Å². The SMILES string of the molecule is CCOC(=O)Cn1nnnc1CN(CCc1ccc(OC)c(OC)c1)Cc1cc2cc(OCC)ccc2[nH]c1=O. The van der Waals surface area contributed by atoms with Crippen molar-refractivity contribution in [1.82, 2.24) is 30.1 Å². The van der Waals surface area contributed by atoms with Gasteiger partial charge in [0.15, 0.2) is 17.3 Å². The van der Waals surface area contributed by atoms with Crippen LogP contribution >= 0.6 is 0 Å². The number of aromatic nitrogens is 5. The molecule has 0 spiro atoms. The number of carbonyl (C=O) groups excluding carboxylic acids is 1. The summed E-state index contributed by atoms with van der Waals surface area (Å²) < 4.78 is 22.9. The molecule has 0 saturated carbocycles. The van der Waals surface area contributed by atoms with E-state index in [0.29, 0.717) is 55.5 Å². The first-order valence-corrected chi connectivity index (χ1v) is 13.1. The van der Waals surface area contributed by atoms with Crippen LogP contribution in [0.3, 0.4) is 0 Å². The van der Waals surface area contributed by atoms with Crippen molar-refractivity contribution in [3.8, 4) is 17.2 Å². The zero-order valence-electron chi connectivity index (χ0n) is 23.2. The lowest BCUT2D eigenvalue weighted by molar-refractivity contribution is -0.144. The molecule has 12 heteroatoms. The Morgan fingerprint density at radius 1 is 1.00 bits per heavy atom. The van der Waals surface area contributed by atoms with E-state index in [-0.39, 0.29) is 18.7 Å². The highest BCUT2D eigenvalue weighted by Crippen LogP contribution is 2.28. The van der Waals surface area contributed by atoms with Crippen molar-refractivity contribution in [2.45, 2.75) is 39.9 Å². The first kappa shape index (κ1) is 28.6. The second-order valence-corrected chi connectivity index (χ2v) is 9.01. The minimum atomic E-state index is -0.427. The molecule has 4 rings (SSSR count). The number of fused-ring (bicyclic) bond motifs is 1. The lowest BCUT2D eigenvalue weighted by atomic mass is 10.1. The van der Waals surface area contributed by atoms with Crippen molar-refractivity contribution in [2.75, 3.05) is 34.0 Å². The van der Waals surface area contributed by atoms with Gasteiger partial charge in [-0.15, -0.1) is 5.10 Å². The third-order valence-electron chi connectivity index (χ3n) is 6.32. The summed E-state index contributed by atoms with van der Waals surface area (Å²) in [6, 6.07) is 13.2. The van der Waals surface area contributed by atoms with E-state index in [1.807, 2.05) is 49.4 Å². The zero-order valence-corrected chi connectivity index (χ0v) is 23.2. The third-order valence-corrected chi connectivity index (χ3v) is 6.32. The molecular weight excluding hydrogens is 516 g/mol. The molecule has 0 bridgehead atoms. The number of pyridine rings is 1. The van der Waals surface area contributed by atoms with Gasteiger partial charge < -0.3 is 23.9 Å². The van der Waals surface area contributed by atoms with Gasteiger partial charge in [-0.25, -0.2) is 4.68 Å². The predicted octanol–water partition coefficient (Wildman–Crippen LogP) is 2.74. The Balaban J connectivity index is 1.61. The molecule has 0 atom stereocenters. The Morgan fingerprint density at radius 3 is 2.58 bits per heavy atom. The van der Waals surface area contributed by atoms with E-state index >= 15 is 0 Å². The van der Waals surface area contributed by atoms with Gasteiger partial charge in [-0.2, -0.15) is 0 Å². The van der Waals surface area contributed by atoms with E-state index in [1.54, 1.807) is 21.1 Å². The number of hydrogen-bond donors (Lipinski definition) is 1. The van der Waals surface area contributed by atoms with Crippen molar-refractivity contribution < 1.29 is 23.7 Å². The number of ether oxygens (including phenoxy) is 4. The van der Waals surface area contributed by atoms with E-state index in [2.05, 4.69) is 25.4 Å². The highest BCUT2D eigenvalue weighted by molar-refractivity contribution is 5.80. The summed E-state index contributed by atoms with van der Waals surface area (Å²) in [6.45, 7) is 5.57. The number of aromatic amines is 1. The minimum absolute atomic E-state index is 0.101. The van der Waals surface area contributed by atoms with E-state index in [0.717, 1.165) is 22.2 Å². The smallest absolute Gasteiger partial charge is 0.327 e. The average molecular weight is 551 g/mol. The summed E-state index contributed by atoms with van der Waals surface area (Å²) in [4.78, 5) is 30.2. The van der Waals surface area contributed by atoms with Gasteiger partial charge in [0.25, 0.3) is 5.56 Å². The molecule has 2 aromatic heterocycles. The molecular formula is C28H34N6O6. The molecule has 4 aromatic rings. The second kappa shape index (κ2) is 13.6. The molecule has 40 heavy (non-hydrogen) atoms. The first-order valence-electron chi connectivity index (χ1n) is 13.1. The zero-order chi connectivity index (χ0) is 28.5. The maximum atomic E-state index is 13.0. The van der Waals surface area contributed by atoms with Crippen LogP contribution in [0.4, 0.5) is 0 Å². The third kappa shape index (κ3) is 7.14. The normalized spacial score (nSPS) is 11.1. The molecule has 2 heterocycles. The van der Waals surface area contributed by atoms with Crippen LogP contribution < -0.4 is 19.8 Å². The maximum absolute atomic E-state index is 13.0. The largest absolute Gasteiger partial charge is 0.494 e. The van der Waals surface area contributed by atoms with Crippen molar-refractivity contribution in [1.29, 1.82) is 0 Å². The molecule has 0 amide bonds. The van der Waals surface area contributed by atoms with Gasteiger partial charge in [-0.1, -0.05) is 6.07 Å². The predicted molar refractivity (Wildman–Crippen MR) is 148 cm³/mol. The van der Waals surface area contributed by atoms with Crippen LogP contribution in [0, 0.1) is 0 Å². The van der Waals surface area contributed by atoms with Crippen LogP contribution in [0.5, 0.6) is 17.2 Å². The van der Waals surface area contributed by atoms with Crippen molar-refractivity contribution in [3.63, 3.8) is 0 Å². The average Bonchev–Trinajstić information content (AvgIpc) is 3.38. The van der Waals surface area contributed by atoms with Crippen molar-refractivity contribution in [2.24, 2.45) is 0 Å². The fraction of sp³-hybridized carbons (Fsp3) is 0.393. The summed E-state index contributed by atoms with van der Waals surface area (Å²) in [5.41, 5.74) is 2.16. The standard InChI is InChI=1S/C28H34N6O6/c1-5-39-22-8-9-23-20(15-22)14-21(28(36)29-23)16-33(12-11-19-7-10-24(37-3)25(13-19)38-4)17-26-30-31-32-34(26)18-27(35)40-6-2/h7-10,13-15H,5-6,11-12,16-18H2,1-4H3,(H,29,36). The van der Waals surface area contributed by atoms with Crippen LogP contribution in [-0.2, 0) is 35.6 Å². The number of rotatable bonds is 14. The van der Waals surface area contributed by atoms with Gasteiger partial charge in [0.1, 0.15) is 12.3 Å². The molecule has 0 aliphatic carbocycles. The number of methoxy groups -OCH3 is 2. The van der Waals surface area contributed by atoms with E-state index in [9.17, 15) is 9.59 Å². The summed E-state index contributed by atoms with van der Waals surface area (Å²) in [5.74, 6) is 2.08. The van der Waals surface area contributed by atoms with Crippen molar-refractivity contribution >= 4 is 16.9 Å². The monoisotopic (exact) mass is 550 g/mol. The molecule has 0 saturated heterocycles. The van der Waals surface area contributed by atoms with Crippen LogP contribution in [0.15, 0.2) is 47.3 Å². The summed E-state index contributed by atoms with van der Waals surface area (Å²) in [5, 5.41) is 12.7. The van der Waals surface area contributed by atoms with Crippen LogP contribution in [0.1, 0.15) is 30.8 Å². The number of tetrazole rings is 1. The van der Waals surface area contributed by atoms with E-state index in [1.165, 1.54) is 4.68 Å². The molecule has 0 radical (unpaired) electrons. The Bertz CT molecular complexity index is 1500. The number of nitrogens with one attached hydrogen (secondary N) is 1. The van der Waals surface area contributed by atoms with Gasteiger partial charge in [0.2, 0.25) is 0 Å². The maximum Gasteiger partial charge on any atom is 0.327 e. The van der Waals surface area contributed by atoms with Crippen LogP contribution in [-0.4, -0.2) is 70.0 Å². The molecule has 1 N–H and O–H groups in total. The molecule has 0 unspecified atom stereocenters. The number of H-pyrrole nitrogens is 1. The van der Waals surface area contributed by atoms with Gasteiger partial charge >= 0.3 is 5.97 Å². The number of benzene rings is 2. The Hall–Kier alpha value is -4.45. The summed E-state index contributed by atoms with van der Waals surface area (Å²) in [7, 11) is 3.19. The highest BCUT2D eigenvalue weighted by Gasteiger charge is 2.18. The lowest BCUT2D eigenvalue weighted by Gasteiger charge is -2.22. The first-order chi connectivity index (χ1) is 19.4. The van der Waals surface area contributed by atoms with Gasteiger partial charge in [0, 0.05) is 29.6 Å². The van der Waals surface area contributed by atoms with Crippen LogP contribution in [0.25, 0.3) is 10.9 Å². The summed E-state index contributed by atoms with van der Waals surface area (Å²) >= 11 is 0. The Morgan fingerprint density at radius 2 is 1.82 bits per heavy atom. The minimum Gasteiger partial charge on any atom is -0.494 e. The molecule has 0 fully saturated rings. The fourth-order valence-electron chi connectivity index (χ4n) is 4.37. The van der Waals surface area contributed by atoms with Gasteiger partial charge in [-0.3, -0.25) is 14.5 Å². The number of carbonyl (C=O) groups is 1. The molecule has 2 aromatic carbocycles. The topological polar surface area (TPSA) is 134 Å². The quantitative estimate of drug-likeness (QED) is 0.234. The van der Waals surface area contributed by atoms with Crippen molar-refractivity contribution in [3.05, 3.63) is 69.8 Å². The van der Waals surface area contributed by atoms with Gasteiger partial charge in [-0.05, 0) is 72.7 Å². The molecule has 212 valence electrons. The van der Waals surface area contributed by atoms with Crippen LogP contribution in [0.2, 0.25) is 0 Å². The Kier molecular flexibility index (Phi) is 9.68. The van der Waals surface area contributed by atoms with E-state index < -0.39 is 5.97 Å². The highest BCUT2D eigenvalue weighted by atomic mass is 16.5. The molecule has 12 nitrogen and oxygen atoms in total.